The molecule has 11 heavy (non-hydrogen) atoms. The number of H-pyrrole nitrogens is 1. The molecule has 0 aliphatic carbocycles. The van der Waals surface area contributed by atoms with Gasteiger partial charge in [-0.05, 0) is 5.75 Å². The van der Waals surface area contributed by atoms with Crippen molar-refractivity contribution >= 4 is 11.8 Å². The summed E-state index contributed by atoms with van der Waals surface area (Å²) in [7, 11) is 0. The molecular weight excluding hydrogens is 167 g/mol. The molecule has 0 fully saturated rings. The third-order valence-electron chi connectivity index (χ3n) is 1.01. The summed E-state index contributed by atoms with van der Waals surface area (Å²) in [5.41, 5.74) is -0.712. The average molecular weight is 174 g/mol. The zero-order valence-corrected chi connectivity index (χ0v) is 6.74. The lowest BCUT2D eigenvalue weighted by Crippen LogP contribution is -2.11. The summed E-state index contributed by atoms with van der Waals surface area (Å²) in [5.74, 6) is -0.0420. The molecule has 1 aromatic heterocycles. The molecule has 1 rings (SSSR count). The first kappa shape index (κ1) is 8.26. The number of aromatic nitrogens is 2. The Morgan fingerprint density at radius 1 is 1.82 bits per heavy atom. The first-order valence-corrected chi connectivity index (χ1v) is 4.10. The minimum absolute atomic E-state index is 0.457. The molecule has 1 heterocycles. The van der Waals surface area contributed by atoms with E-state index in [1.54, 1.807) is 0 Å². The van der Waals surface area contributed by atoms with Crippen LogP contribution in [-0.2, 0) is 0 Å². The summed E-state index contributed by atoms with van der Waals surface area (Å²) >= 11 is 1.36. The van der Waals surface area contributed by atoms with Crippen LogP contribution in [0.1, 0.15) is 6.92 Å². The Labute approximate surface area is 67.1 Å². The van der Waals surface area contributed by atoms with E-state index in [0.29, 0.717) is 5.16 Å². The molecule has 0 saturated heterocycles. The van der Waals surface area contributed by atoms with Crippen molar-refractivity contribution in [3.05, 3.63) is 22.4 Å². The third-order valence-corrected chi connectivity index (χ3v) is 1.78. The van der Waals surface area contributed by atoms with Crippen LogP contribution in [0.3, 0.4) is 0 Å². The quantitative estimate of drug-likeness (QED) is 0.538. The minimum Gasteiger partial charge on any atom is -0.299 e. The Morgan fingerprint density at radius 2 is 2.55 bits per heavy atom. The van der Waals surface area contributed by atoms with Gasteiger partial charge in [-0.15, -0.1) is 0 Å². The molecule has 0 aromatic carbocycles. The van der Waals surface area contributed by atoms with E-state index in [2.05, 4.69) is 9.97 Å². The van der Waals surface area contributed by atoms with Crippen LogP contribution in [0.25, 0.3) is 0 Å². The monoisotopic (exact) mass is 174 g/mol. The van der Waals surface area contributed by atoms with E-state index in [0.717, 1.165) is 11.9 Å². The highest BCUT2D eigenvalue weighted by Crippen LogP contribution is 2.08. The van der Waals surface area contributed by atoms with Crippen molar-refractivity contribution < 1.29 is 4.39 Å². The van der Waals surface area contributed by atoms with Crippen LogP contribution < -0.4 is 5.56 Å². The molecule has 0 aliphatic heterocycles. The lowest BCUT2D eigenvalue weighted by atomic mass is 10.6. The molecule has 0 spiro atoms. The molecule has 5 heteroatoms. The average Bonchev–Trinajstić information content (AvgIpc) is 1.98. The maximum absolute atomic E-state index is 12.3. The highest BCUT2D eigenvalue weighted by Gasteiger charge is 1.99. The van der Waals surface area contributed by atoms with E-state index in [4.69, 9.17) is 0 Å². The van der Waals surface area contributed by atoms with Crippen LogP contribution in [0.15, 0.2) is 16.1 Å². The Balaban J connectivity index is 2.96. The zero-order chi connectivity index (χ0) is 8.27. The third kappa shape index (κ3) is 2.04. The van der Waals surface area contributed by atoms with Crippen molar-refractivity contribution in [2.75, 3.05) is 5.75 Å². The second-order valence-corrected chi connectivity index (χ2v) is 3.05. The number of nitrogens with one attached hydrogen (secondary N) is 1. The number of thioether (sulfide) groups is 1. The normalized spacial score (nSPS) is 10.0. The molecule has 0 aliphatic rings. The van der Waals surface area contributed by atoms with Gasteiger partial charge in [-0.3, -0.25) is 9.78 Å². The molecule has 0 saturated carbocycles. The predicted octanol–water partition coefficient (Wildman–Crippen LogP) is 1.02. The molecule has 1 N–H and O–H groups in total. The molecule has 0 unspecified atom stereocenters. The fourth-order valence-corrected chi connectivity index (χ4v) is 1.14. The molecule has 3 nitrogen and oxygen atoms in total. The van der Waals surface area contributed by atoms with Crippen LogP contribution in [-0.4, -0.2) is 15.7 Å². The smallest absolute Gasteiger partial charge is 0.287 e. The summed E-state index contributed by atoms with van der Waals surface area (Å²) in [4.78, 5) is 16.6. The first-order chi connectivity index (χ1) is 5.24. The van der Waals surface area contributed by atoms with Gasteiger partial charge in [-0.2, -0.15) is 4.39 Å². The highest BCUT2D eigenvalue weighted by atomic mass is 32.2. The van der Waals surface area contributed by atoms with Crippen molar-refractivity contribution in [2.45, 2.75) is 12.1 Å². The topological polar surface area (TPSA) is 45.8 Å². The fourth-order valence-electron chi connectivity index (χ4n) is 0.573. The van der Waals surface area contributed by atoms with Crippen LogP contribution in [0.5, 0.6) is 0 Å². The number of hydrogen-bond acceptors (Lipinski definition) is 3. The van der Waals surface area contributed by atoms with E-state index in [1.165, 1.54) is 11.8 Å². The van der Waals surface area contributed by atoms with Crippen molar-refractivity contribution in [3.63, 3.8) is 0 Å². The maximum atomic E-state index is 12.3. The van der Waals surface area contributed by atoms with Crippen LogP contribution in [0.4, 0.5) is 4.39 Å². The van der Waals surface area contributed by atoms with E-state index < -0.39 is 11.4 Å². The van der Waals surface area contributed by atoms with Gasteiger partial charge >= 0.3 is 0 Å². The number of aromatic amines is 1. The summed E-state index contributed by atoms with van der Waals surface area (Å²) in [5, 5.41) is 0.457. The number of rotatable bonds is 2. The summed E-state index contributed by atoms with van der Waals surface area (Å²) in [6, 6.07) is 0. The van der Waals surface area contributed by atoms with Crippen LogP contribution in [0.2, 0.25) is 0 Å². The molecule has 0 bridgehead atoms. The lowest BCUT2D eigenvalue weighted by Gasteiger charge is -1.94. The Kier molecular flexibility index (Phi) is 2.64. The largest absolute Gasteiger partial charge is 0.299 e. The number of hydrogen-bond donors (Lipinski definition) is 1. The van der Waals surface area contributed by atoms with Crippen molar-refractivity contribution in [1.29, 1.82) is 0 Å². The van der Waals surface area contributed by atoms with Crippen molar-refractivity contribution in [2.24, 2.45) is 0 Å². The second kappa shape index (κ2) is 3.52. The van der Waals surface area contributed by atoms with Crippen molar-refractivity contribution in [1.82, 2.24) is 9.97 Å². The molecular formula is C6H7FN2OS. The summed E-state index contributed by atoms with van der Waals surface area (Å²) in [6.45, 7) is 1.92. The Bertz CT molecular complexity index is 299. The summed E-state index contributed by atoms with van der Waals surface area (Å²) < 4.78 is 12.3. The Hall–Kier alpha value is -0.840. The molecule has 60 valence electrons. The fraction of sp³-hybridized carbons (Fsp3) is 0.333. The number of halogens is 1. The van der Waals surface area contributed by atoms with E-state index >= 15 is 0 Å². The first-order valence-electron chi connectivity index (χ1n) is 3.11. The summed E-state index contributed by atoms with van der Waals surface area (Å²) in [6.07, 6.45) is 0.927. The van der Waals surface area contributed by atoms with Gasteiger partial charge in [-0.1, -0.05) is 18.7 Å². The predicted molar refractivity (Wildman–Crippen MR) is 41.2 cm³/mol. The highest BCUT2D eigenvalue weighted by molar-refractivity contribution is 7.99. The number of nitrogens with zero attached hydrogens (tertiary/aromatic N) is 1. The van der Waals surface area contributed by atoms with E-state index in [9.17, 15) is 9.18 Å². The molecule has 1 aromatic rings. The van der Waals surface area contributed by atoms with Gasteiger partial charge in [0.2, 0.25) is 5.82 Å². The van der Waals surface area contributed by atoms with Gasteiger partial charge in [0.15, 0.2) is 5.16 Å². The van der Waals surface area contributed by atoms with Gasteiger partial charge in [0.1, 0.15) is 0 Å². The minimum atomic E-state index is -0.842. The lowest BCUT2D eigenvalue weighted by molar-refractivity contribution is 0.590. The zero-order valence-electron chi connectivity index (χ0n) is 5.93. The molecule has 0 amide bonds. The van der Waals surface area contributed by atoms with Gasteiger partial charge in [0, 0.05) is 0 Å². The SMILES string of the molecule is CCSc1ncc(F)c(=O)[nH]1. The van der Waals surface area contributed by atoms with E-state index in [1.807, 2.05) is 6.92 Å². The van der Waals surface area contributed by atoms with Crippen LogP contribution in [0, 0.1) is 5.82 Å². The Morgan fingerprint density at radius 3 is 3.09 bits per heavy atom. The van der Waals surface area contributed by atoms with Gasteiger partial charge in [0.05, 0.1) is 6.20 Å². The molecule has 0 radical (unpaired) electrons. The second-order valence-electron chi connectivity index (χ2n) is 1.80. The maximum Gasteiger partial charge on any atom is 0.287 e. The van der Waals surface area contributed by atoms with Gasteiger partial charge in [-0.25, -0.2) is 4.98 Å². The van der Waals surface area contributed by atoms with Crippen LogP contribution >= 0.6 is 11.8 Å². The van der Waals surface area contributed by atoms with Gasteiger partial charge in [0.25, 0.3) is 5.56 Å². The standard InChI is InChI=1S/C6H7FN2OS/c1-2-11-6-8-3-4(7)5(10)9-6/h3H,2H2,1H3,(H,8,9,10). The van der Waals surface area contributed by atoms with E-state index in [-0.39, 0.29) is 0 Å². The van der Waals surface area contributed by atoms with Crippen molar-refractivity contribution in [3.8, 4) is 0 Å². The molecule has 0 atom stereocenters. The van der Waals surface area contributed by atoms with Gasteiger partial charge < -0.3 is 0 Å².